The molecule has 0 aromatic rings. The van der Waals surface area contributed by atoms with Crippen LogP contribution < -0.4 is 11.5 Å². The lowest BCUT2D eigenvalue weighted by Crippen LogP contribution is -2.67. The molecule has 0 amide bonds. The van der Waals surface area contributed by atoms with Crippen LogP contribution in [0.2, 0.25) is 0 Å². The van der Waals surface area contributed by atoms with Crippen LogP contribution in [0.3, 0.4) is 0 Å². The lowest BCUT2D eigenvalue weighted by atomic mass is 9.96. The average molecular weight is 428 g/mol. The van der Waals surface area contributed by atoms with Gasteiger partial charge in [-0.3, -0.25) is 4.79 Å². The van der Waals surface area contributed by atoms with Crippen LogP contribution in [0.1, 0.15) is 0 Å². The fourth-order valence-electron chi connectivity index (χ4n) is 3.01. The number of hydrogen-bond donors (Lipinski definition) is 9. The van der Waals surface area contributed by atoms with E-state index in [4.69, 9.17) is 35.5 Å². The van der Waals surface area contributed by atoms with E-state index in [2.05, 4.69) is 0 Å². The summed E-state index contributed by atoms with van der Waals surface area (Å²) in [6, 6.07) is -2.63. The number of carbonyl (C=O) groups is 1. The van der Waals surface area contributed by atoms with Gasteiger partial charge in [0.15, 0.2) is 12.6 Å². The molecule has 170 valence electrons. The fraction of sp³-hybridized carbons (Fsp3) is 0.933. The molecule has 11 N–H and O–H groups in total. The van der Waals surface area contributed by atoms with Gasteiger partial charge >= 0.3 is 5.97 Å². The van der Waals surface area contributed by atoms with Crippen molar-refractivity contribution < 1.29 is 59.5 Å². The van der Waals surface area contributed by atoms with Gasteiger partial charge in [-0.2, -0.15) is 0 Å². The maximum atomic E-state index is 10.8. The van der Waals surface area contributed by atoms with Gasteiger partial charge in [0.25, 0.3) is 0 Å². The highest BCUT2D eigenvalue weighted by Gasteiger charge is 2.50. The number of rotatable bonds is 8. The highest BCUT2D eigenvalue weighted by Crippen LogP contribution is 2.28. The predicted molar refractivity (Wildman–Crippen MR) is 89.9 cm³/mol. The Bertz CT molecular complexity index is 539. The quantitative estimate of drug-likeness (QED) is 0.175. The highest BCUT2D eigenvalue weighted by molar-refractivity contribution is 5.73. The predicted octanol–water partition coefficient (Wildman–Crippen LogP) is -5.99. The Hall–Kier alpha value is -1.01. The van der Waals surface area contributed by atoms with Gasteiger partial charge in [-0.25, -0.2) is 0 Å². The van der Waals surface area contributed by atoms with Crippen molar-refractivity contribution >= 4 is 5.97 Å². The first kappa shape index (κ1) is 24.3. The van der Waals surface area contributed by atoms with Gasteiger partial charge in [0, 0.05) is 0 Å². The Kier molecular flexibility index (Phi) is 8.65. The van der Waals surface area contributed by atoms with Crippen molar-refractivity contribution in [3.05, 3.63) is 0 Å². The summed E-state index contributed by atoms with van der Waals surface area (Å²) < 4.78 is 21.3. The van der Waals surface area contributed by atoms with E-state index in [1.165, 1.54) is 0 Å². The fourth-order valence-corrected chi connectivity index (χ4v) is 3.01. The number of carboxylic acids is 1. The summed E-state index contributed by atoms with van der Waals surface area (Å²) >= 11 is 0. The molecule has 2 saturated heterocycles. The minimum absolute atomic E-state index is 0.491. The van der Waals surface area contributed by atoms with Gasteiger partial charge < -0.3 is 66.2 Å². The van der Waals surface area contributed by atoms with Crippen LogP contribution in [0.4, 0.5) is 0 Å². The Morgan fingerprint density at radius 1 is 0.931 bits per heavy atom. The van der Waals surface area contributed by atoms with Crippen LogP contribution in [-0.4, -0.2) is 129 Å². The lowest BCUT2D eigenvalue weighted by molar-refractivity contribution is -0.343. The molecule has 0 radical (unpaired) electrons. The van der Waals surface area contributed by atoms with E-state index in [9.17, 15) is 35.4 Å². The van der Waals surface area contributed by atoms with Crippen molar-refractivity contribution in [2.24, 2.45) is 11.5 Å². The minimum atomic E-state index is -1.75. The Morgan fingerprint density at radius 2 is 1.48 bits per heavy atom. The number of hydrogen-bond acceptors (Lipinski definition) is 13. The molecule has 2 fully saturated rings. The minimum Gasteiger partial charge on any atom is -0.480 e. The third kappa shape index (κ3) is 5.38. The highest BCUT2D eigenvalue weighted by atomic mass is 16.7. The summed E-state index contributed by atoms with van der Waals surface area (Å²) in [5.41, 5.74) is 11.3. The van der Waals surface area contributed by atoms with E-state index in [1.54, 1.807) is 0 Å². The molecular weight excluding hydrogens is 400 g/mol. The summed E-state index contributed by atoms with van der Waals surface area (Å²) in [6.45, 7) is -1.85. The standard InChI is InChI=1S/C15H28N2O12/c16-4(13(24)25)3-26-14-7(17)12(9(21)6(2-19)27-14)29-15-11(23)10(22)8(20)5(1-18)28-15/h4-12,14-15,18-23H,1-3,16-17H2,(H,24,25)/t4-,5+,6+,7+,8+,9+,10-,11+,12?,14+,15-/m0/s1. The number of aliphatic hydroxyl groups is 6. The second kappa shape index (κ2) is 10.3. The van der Waals surface area contributed by atoms with Gasteiger partial charge in [0.05, 0.1) is 25.9 Å². The molecule has 0 aromatic carbocycles. The van der Waals surface area contributed by atoms with Crippen LogP contribution in [0.5, 0.6) is 0 Å². The van der Waals surface area contributed by atoms with Gasteiger partial charge in [-0.05, 0) is 0 Å². The summed E-state index contributed by atoms with van der Waals surface area (Å²) in [5.74, 6) is -1.33. The molecule has 2 rings (SSSR count). The monoisotopic (exact) mass is 428 g/mol. The molecule has 29 heavy (non-hydrogen) atoms. The van der Waals surface area contributed by atoms with Crippen molar-refractivity contribution in [3.63, 3.8) is 0 Å². The zero-order chi connectivity index (χ0) is 21.9. The molecule has 14 heteroatoms. The third-order valence-corrected chi connectivity index (χ3v) is 4.80. The molecular formula is C15H28N2O12. The summed E-state index contributed by atoms with van der Waals surface area (Å²) in [4.78, 5) is 10.8. The Morgan fingerprint density at radius 3 is 2.03 bits per heavy atom. The second-order valence-electron chi connectivity index (χ2n) is 6.87. The molecule has 11 atom stereocenters. The lowest BCUT2D eigenvalue weighted by Gasteiger charge is -2.46. The summed E-state index contributed by atoms with van der Waals surface area (Å²) in [7, 11) is 0. The van der Waals surface area contributed by atoms with E-state index < -0.39 is 93.2 Å². The van der Waals surface area contributed by atoms with Gasteiger partial charge in [-0.15, -0.1) is 0 Å². The summed E-state index contributed by atoms with van der Waals surface area (Å²) in [6.07, 6.45) is -13.4. The SMILES string of the molecule is N[C@@H]1C(O[C@@H]2O[C@H](CO)[C@@H](O)[C@H](O)[C@H]2O)[C@H](O)[C@@H](CO)O[C@H]1OC[C@H](N)C(=O)O. The Labute approximate surface area is 165 Å². The topological polar surface area (TPSA) is 248 Å². The van der Waals surface area contributed by atoms with Crippen LogP contribution in [0, 0.1) is 0 Å². The van der Waals surface area contributed by atoms with Crippen LogP contribution in [0.25, 0.3) is 0 Å². The molecule has 2 aliphatic rings. The number of aliphatic hydroxyl groups excluding tert-OH is 6. The molecule has 0 aliphatic carbocycles. The molecule has 2 aliphatic heterocycles. The number of ether oxygens (including phenoxy) is 4. The second-order valence-corrected chi connectivity index (χ2v) is 6.87. The smallest absolute Gasteiger partial charge is 0.322 e. The van der Waals surface area contributed by atoms with Crippen LogP contribution >= 0.6 is 0 Å². The molecule has 2 heterocycles. The first-order valence-corrected chi connectivity index (χ1v) is 8.88. The van der Waals surface area contributed by atoms with E-state index >= 15 is 0 Å². The van der Waals surface area contributed by atoms with Crippen molar-refractivity contribution in [2.45, 2.75) is 67.4 Å². The van der Waals surface area contributed by atoms with Gasteiger partial charge in [-0.1, -0.05) is 0 Å². The largest absolute Gasteiger partial charge is 0.480 e. The molecule has 0 aromatic heterocycles. The molecule has 0 spiro atoms. The first-order valence-electron chi connectivity index (χ1n) is 8.88. The van der Waals surface area contributed by atoms with E-state index in [-0.39, 0.29) is 0 Å². The maximum absolute atomic E-state index is 10.8. The van der Waals surface area contributed by atoms with E-state index in [1.807, 2.05) is 0 Å². The number of nitrogens with two attached hydrogens (primary N) is 2. The third-order valence-electron chi connectivity index (χ3n) is 4.80. The van der Waals surface area contributed by atoms with Crippen molar-refractivity contribution in [3.8, 4) is 0 Å². The van der Waals surface area contributed by atoms with Crippen molar-refractivity contribution in [2.75, 3.05) is 19.8 Å². The maximum Gasteiger partial charge on any atom is 0.322 e. The van der Waals surface area contributed by atoms with Crippen molar-refractivity contribution in [1.82, 2.24) is 0 Å². The van der Waals surface area contributed by atoms with Crippen molar-refractivity contribution in [1.29, 1.82) is 0 Å². The summed E-state index contributed by atoms with van der Waals surface area (Å²) in [5, 5.41) is 67.6. The van der Waals surface area contributed by atoms with Crippen LogP contribution in [0.15, 0.2) is 0 Å². The molecule has 0 bridgehead atoms. The number of aliphatic carboxylic acids is 1. The Balaban J connectivity index is 2.12. The molecule has 0 saturated carbocycles. The zero-order valence-corrected chi connectivity index (χ0v) is 15.3. The van der Waals surface area contributed by atoms with Gasteiger partial charge in [0.1, 0.15) is 48.8 Å². The number of carboxylic acid groups (broad SMARTS) is 1. The normalized spacial score (nSPS) is 44.4. The van der Waals surface area contributed by atoms with Gasteiger partial charge in [0.2, 0.25) is 0 Å². The van der Waals surface area contributed by atoms with E-state index in [0.29, 0.717) is 0 Å². The molecule has 14 nitrogen and oxygen atoms in total. The average Bonchev–Trinajstić information content (AvgIpc) is 2.70. The first-order chi connectivity index (χ1) is 13.6. The van der Waals surface area contributed by atoms with Crippen LogP contribution in [-0.2, 0) is 23.7 Å². The molecule has 1 unspecified atom stereocenters. The zero-order valence-electron chi connectivity index (χ0n) is 15.3. The van der Waals surface area contributed by atoms with E-state index in [0.717, 1.165) is 0 Å².